The molecule has 1 amide bonds. The molecule has 0 aliphatic carbocycles. The summed E-state index contributed by atoms with van der Waals surface area (Å²) in [6, 6.07) is 5.19. The Bertz CT molecular complexity index is 363. The fourth-order valence-corrected chi connectivity index (χ4v) is 1.18. The minimum absolute atomic E-state index is 0.251. The van der Waals surface area contributed by atoms with Crippen molar-refractivity contribution in [2.75, 3.05) is 12.4 Å². The van der Waals surface area contributed by atoms with Gasteiger partial charge >= 0.3 is 0 Å². The van der Waals surface area contributed by atoms with E-state index in [-0.39, 0.29) is 5.91 Å². The lowest BCUT2D eigenvalue weighted by Crippen LogP contribution is -2.07. The van der Waals surface area contributed by atoms with Gasteiger partial charge in [-0.2, -0.15) is 0 Å². The Hall–Kier alpha value is -1.42. The molecule has 0 unspecified atom stereocenters. The Morgan fingerprint density at radius 1 is 1.64 bits per heavy atom. The van der Waals surface area contributed by atoms with Gasteiger partial charge < -0.3 is 10.1 Å². The molecule has 74 valence electrons. The zero-order valence-electron chi connectivity index (χ0n) is 7.78. The Kier molecular flexibility index (Phi) is 3.59. The van der Waals surface area contributed by atoms with Gasteiger partial charge in [-0.1, -0.05) is 6.58 Å². The quantitative estimate of drug-likeness (QED) is 0.591. The van der Waals surface area contributed by atoms with Crippen molar-refractivity contribution >= 4 is 24.2 Å². The highest BCUT2D eigenvalue weighted by Gasteiger charge is 2.02. The smallest absolute Gasteiger partial charge is 0.247 e. The summed E-state index contributed by atoms with van der Waals surface area (Å²) in [7, 11) is 1.55. The van der Waals surface area contributed by atoms with E-state index in [2.05, 4.69) is 24.5 Å². The van der Waals surface area contributed by atoms with Crippen LogP contribution >= 0.6 is 12.6 Å². The predicted molar refractivity (Wildman–Crippen MR) is 59.1 cm³/mol. The summed E-state index contributed by atoms with van der Waals surface area (Å²) in [6.07, 6.45) is 1.21. The minimum Gasteiger partial charge on any atom is -0.496 e. The van der Waals surface area contributed by atoms with Gasteiger partial charge in [0.15, 0.2) is 0 Å². The van der Waals surface area contributed by atoms with Crippen LogP contribution in [-0.4, -0.2) is 13.0 Å². The van der Waals surface area contributed by atoms with Gasteiger partial charge in [0.2, 0.25) is 5.91 Å². The molecule has 0 aliphatic rings. The first-order chi connectivity index (χ1) is 6.67. The van der Waals surface area contributed by atoms with E-state index >= 15 is 0 Å². The second-order valence-electron chi connectivity index (χ2n) is 2.58. The van der Waals surface area contributed by atoms with E-state index in [4.69, 9.17) is 4.74 Å². The zero-order valence-corrected chi connectivity index (χ0v) is 8.67. The molecule has 4 heteroatoms. The molecule has 1 rings (SSSR count). The van der Waals surface area contributed by atoms with Crippen LogP contribution in [0.4, 0.5) is 5.69 Å². The number of methoxy groups -OCH3 is 1. The van der Waals surface area contributed by atoms with Crippen LogP contribution in [0.3, 0.4) is 0 Å². The third kappa shape index (κ3) is 2.53. The van der Waals surface area contributed by atoms with Crippen LogP contribution in [0.25, 0.3) is 0 Å². The second kappa shape index (κ2) is 4.72. The summed E-state index contributed by atoms with van der Waals surface area (Å²) in [5, 5.41) is 2.62. The van der Waals surface area contributed by atoms with Crippen LogP contribution in [0.1, 0.15) is 0 Å². The average Bonchev–Trinajstić information content (AvgIpc) is 2.20. The topological polar surface area (TPSA) is 38.3 Å². The number of thiol groups is 1. The Morgan fingerprint density at radius 3 is 2.93 bits per heavy atom. The van der Waals surface area contributed by atoms with Crippen LogP contribution in [0.5, 0.6) is 5.75 Å². The number of carbonyl (C=O) groups is 1. The number of hydrogen-bond donors (Lipinski definition) is 2. The van der Waals surface area contributed by atoms with E-state index in [0.717, 1.165) is 4.90 Å². The zero-order chi connectivity index (χ0) is 10.6. The van der Waals surface area contributed by atoms with E-state index in [1.807, 2.05) is 0 Å². The van der Waals surface area contributed by atoms with Crippen molar-refractivity contribution in [1.29, 1.82) is 0 Å². The number of carbonyl (C=O) groups excluding carboxylic acids is 1. The molecule has 1 aromatic carbocycles. The largest absolute Gasteiger partial charge is 0.496 e. The normalized spacial score (nSPS) is 9.29. The highest BCUT2D eigenvalue weighted by molar-refractivity contribution is 7.80. The van der Waals surface area contributed by atoms with E-state index in [1.54, 1.807) is 25.3 Å². The van der Waals surface area contributed by atoms with Gasteiger partial charge in [0, 0.05) is 16.6 Å². The lowest BCUT2D eigenvalue weighted by Gasteiger charge is -2.07. The van der Waals surface area contributed by atoms with Crippen molar-refractivity contribution in [3.05, 3.63) is 30.9 Å². The summed E-state index contributed by atoms with van der Waals surface area (Å²) in [6.45, 7) is 3.36. The van der Waals surface area contributed by atoms with Crippen molar-refractivity contribution in [3.63, 3.8) is 0 Å². The number of benzene rings is 1. The molecule has 0 saturated heterocycles. The van der Waals surface area contributed by atoms with Gasteiger partial charge in [0.05, 0.1) is 7.11 Å². The fraction of sp³-hybridized carbons (Fsp3) is 0.100. The first-order valence-corrected chi connectivity index (χ1v) is 4.42. The Balaban J connectivity index is 2.89. The summed E-state index contributed by atoms with van der Waals surface area (Å²) in [5.41, 5.74) is 0.657. The fourth-order valence-electron chi connectivity index (χ4n) is 0.949. The molecule has 0 aliphatic heterocycles. The Labute approximate surface area is 88.2 Å². The highest BCUT2D eigenvalue weighted by atomic mass is 32.1. The van der Waals surface area contributed by atoms with Gasteiger partial charge in [-0.05, 0) is 18.2 Å². The first-order valence-electron chi connectivity index (χ1n) is 3.98. The van der Waals surface area contributed by atoms with Gasteiger partial charge in [0.1, 0.15) is 5.75 Å². The van der Waals surface area contributed by atoms with E-state index in [0.29, 0.717) is 11.4 Å². The van der Waals surface area contributed by atoms with Crippen LogP contribution in [0, 0.1) is 0 Å². The second-order valence-corrected chi connectivity index (χ2v) is 3.06. The third-order valence-electron chi connectivity index (χ3n) is 1.63. The highest BCUT2D eigenvalue weighted by Crippen LogP contribution is 2.25. The molecule has 0 atom stereocenters. The molecule has 0 saturated carbocycles. The number of rotatable bonds is 3. The molecule has 14 heavy (non-hydrogen) atoms. The maximum atomic E-state index is 11.0. The molecular weight excluding hydrogens is 198 g/mol. The van der Waals surface area contributed by atoms with Crippen LogP contribution in [0.2, 0.25) is 0 Å². The molecule has 0 spiro atoms. The van der Waals surface area contributed by atoms with E-state index < -0.39 is 0 Å². The molecule has 3 nitrogen and oxygen atoms in total. The van der Waals surface area contributed by atoms with E-state index in [9.17, 15) is 4.79 Å². The molecular formula is C10H11NO2S. The van der Waals surface area contributed by atoms with Crippen molar-refractivity contribution in [2.45, 2.75) is 4.90 Å². The number of hydrogen-bond acceptors (Lipinski definition) is 3. The molecule has 0 aromatic heterocycles. The number of anilines is 1. The standard InChI is InChI=1S/C10H11NO2S/c1-3-10(12)11-7-4-5-9(14)8(6-7)13-2/h3-6,14H,1H2,2H3,(H,11,12). The predicted octanol–water partition coefficient (Wildman–Crippen LogP) is 2.11. The molecule has 1 N–H and O–H groups in total. The number of ether oxygens (including phenoxy) is 1. The van der Waals surface area contributed by atoms with Crippen molar-refractivity contribution in [1.82, 2.24) is 0 Å². The third-order valence-corrected chi connectivity index (χ3v) is 2.00. The summed E-state index contributed by atoms with van der Waals surface area (Å²) in [4.78, 5) is 11.7. The molecule has 0 bridgehead atoms. The lowest BCUT2D eigenvalue weighted by atomic mass is 10.3. The van der Waals surface area contributed by atoms with Gasteiger partial charge in [-0.25, -0.2) is 0 Å². The lowest BCUT2D eigenvalue weighted by molar-refractivity contribution is -0.111. The van der Waals surface area contributed by atoms with Crippen LogP contribution < -0.4 is 10.1 Å². The van der Waals surface area contributed by atoms with Crippen molar-refractivity contribution in [2.24, 2.45) is 0 Å². The maximum Gasteiger partial charge on any atom is 0.247 e. The van der Waals surface area contributed by atoms with Gasteiger partial charge in [-0.3, -0.25) is 4.79 Å². The SMILES string of the molecule is C=CC(=O)Nc1ccc(S)c(OC)c1. The number of amides is 1. The molecule has 1 aromatic rings. The van der Waals surface area contributed by atoms with Crippen LogP contribution in [-0.2, 0) is 4.79 Å². The Morgan fingerprint density at radius 2 is 2.36 bits per heavy atom. The monoisotopic (exact) mass is 209 g/mol. The summed E-state index contributed by atoms with van der Waals surface area (Å²) < 4.78 is 5.05. The summed E-state index contributed by atoms with van der Waals surface area (Å²) in [5.74, 6) is 0.370. The maximum absolute atomic E-state index is 11.0. The number of nitrogens with one attached hydrogen (secondary N) is 1. The van der Waals surface area contributed by atoms with Gasteiger partial charge in [-0.15, -0.1) is 12.6 Å². The van der Waals surface area contributed by atoms with E-state index in [1.165, 1.54) is 6.08 Å². The van der Waals surface area contributed by atoms with Crippen molar-refractivity contribution in [3.8, 4) is 5.75 Å². The minimum atomic E-state index is -0.251. The molecule has 0 fully saturated rings. The van der Waals surface area contributed by atoms with Gasteiger partial charge in [0.25, 0.3) is 0 Å². The van der Waals surface area contributed by atoms with Crippen LogP contribution in [0.15, 0.2) is 35.7 Å². The molecule has 0 radical (unpaired) electrons. The average molecular weight is 209 g/mol. The van der Waals surface area contributed by atoms with Crippen molar-refractivity contribution < 1.29 is 9.53 Å². The molecule has 0 heterocycles. The first kappa shape index (κ1) is 10.7. The summed E-state index contributed by atoms with van der Waals surface area (Å²) >= 11 is 4.18.